The Hall–Kier alpha value is -2.29. The van der Waals surface area contributed by atoms with Crippen molar-refractivity contribution in [2.24, 2.45) is 5.92 Å². The molecule has 8 heteroatoms. The van der Waals surface area contributed by atoms with Crippen molar-refractivity contribution >= 4 is 23.5 Å². The topological polar surface area (TPSA) is 58.1 Å². The highest BCUT2D eigenvalue weighted by atomic mass is 32.2. The predicted octanol–water partition coefficient (Wildman–Crippen LogP) is 4.04. The number of rotatable bonds is 11. The molecule has 34 heavy (non-hydrogen) atoms. The Morgan fingerprint density at radius 3 is 2.41 bits per heavy atom. The third-order valence-electron chi connectivity index (χ3n) is 6.29. The van der Waals surface area contributed by atoms with Crippen molar-refractivity contribution in [3.8, 4) is 5.75 Å². The van der Waals surface area contributed by atoms with Crippen LogP contribution in [0.5, 0.6) is 5.75 Å². The summed E-state index contributed by atoms with van der Waals surface area (Å²) in [4.78, 5) is 22.1. The van der Waals surface area contributed by atoms with Gasteiger partial charge in [0.2, 0.25) is 5.91 Å². The molecule has 0 atom stereocenters. The van der Waals surface area contributed by atoms with Crippen LogP contribution in [0.4, 0.5) is 5.69 Å². The quantitative estimate of drug-likeness (QED) is 0.351. The largest absolute Gasteiger partial charge is 0.497 e. The van der Waals surface area contributed by atoms with Crippen LogP contribution in [0, 0.1) is 19.8 Å². The molecule has 0 saturated carbocycles. The third-order valence-corrected chi connectivity index (χ3v) is 7.61. The van der Waals surface area contributed by atoms with Gasteiger partial charge in [-0.1, -0.05) is 0 Å². The fraction of sp³-hybridized carbons (Fsp3) is 0.538. The van der Waals surface area contributed by atoms with Gasteiger partial charge in [0.15, 0.2) is 0 Å². The minimum Gasteiger partial charge on any atom is -0.497 e. The minimum atomic E-state index is 0.0497. The maximum absolute atomic E-state index is 12.5. The van der Waals surface area contributed by atoms with E-state index >= 15 is 0 Å². The van der Waals surface area contributed by atoms with Gasteiger partial charge in [0, 0.05) is 56.2 Å². The molecule has 0 unspecified atom stereocenters. The number of benzene rings is 1. The first kappa shape index (κ1) is 26.3. The molecular weight excluding hydrogens is 448 g/mol. The molecular formula is C26H38N4O3S. The summed E-state index contributed by atoms with van der Waals surface area (Å²) in [6.07, 6.45) is 5.86. The molecule has 7 nitrogen and oxygen atoms in total. The van der Waals surface area contributed by atoms with Gasteiger partial charge in [0.1, 0.15) is 12.4 Å². The lowest BCUT2D eigenvalue weighted by Crippen LogP contribution is -2.40. The van der Waals surface area contributed by atoms with Gasteiger partial charge in [0.25, 0.3) is 0 Å². The van der Waals surface area contributed by atoms with Crippen LogP contribution in [0.15, 0.2) is 41.6 Å². The lowest BCUT2D eigenvalue weighted by molar-refractivity contribution is -0.135. The summed E-state index contributed by atoms with van der Waals surface area (Å²) in [6.45, 7) is 8.40. The standard InChI is InChI=1S/C26H38N4O3S/c1-20-16-24(32-5)17-21(2)26(20)34-29(4)14-15-33-19-25(31)28(3)18-22-8-12-30(13-9-22)23-6-10-27-11-7-23/h6-7,10-11,16-17,22H,8-9,12-15,18-19H2,1-5H3. The van der Waals surface area contributed by atoms with E-state index in [9.17, 15) is 4.79 Å². The normalized spacial score (nSPS) is 14.5. The number of aromatic nitrogens is 1. The molecule has 186 valence electrons. The summed E-state index contributed by atoms with van der Waals surface area (Å²) in [7, 11) is 5.62. The number of carbonyl (C=O) groups is 1. The van der Waals surface area contributed by atoms with Crippen LogP contribution in [0.1, 0.15) is 24.0 Å². The highest BCUT2D eigenvalue weighted by Gasteiger charge is 2.22. The Balaban J connectivity index is 1.33. The van der Waals surface area contributed by atoms with Crippen molar-refractivity contribution in [2.45, 2.75) is 31.6 Å². The summed E-state index contributed by atoms with van der Waals surface area (Å²) in [5.41, 5.74) is 3.61. The molecule has 3 rings (SSSR count). The van der Waals surface area contributed by atoms with Gasteiger partial charge < -0.3 is 19.3 Å². The van der Waals surface area contributed by atoms with Gasteiger partial charge in [-0.05, 0) is 87.0 Å². The molecule has 2 aromatic rings. The SMILES string of the molecule is COc1cc(C)c(SN(C)CCOCC(=O)N(C)CC2CCN(c3ccncc3)CC2)c(C)c1. The van der Waals surface area contributed by atoms with Crippen LogP contribution >= 0.6 is 11.9 Å². The number of anilines is 1. The summed E-state index contributed by atoms with van der Waals surface area (Å²) in [5, 5.41) is 0. The van der Waals surface area contributed by atoms with E-state index in [4.69, 9.17) is 9.47 Å². The fourth-order valence-electron chi connectivity index (χ4n) is 4.25. The van der Waals surface area contributed by atoms with E-state index in [1.54, 1.807) is 19.1 Å². The number of methoxy groups -OCH3 is 1. The van der Waals surface area contributed by atoms with Crippen molar-refractivity contribution < 1.29 is 14.3 Å². The Morgan fingerprint density at radius 2 is 1.79 bits per heavy atom. The van der Waals surface area contributed by atoms with Crippen molar-refractivity contribution in [1.82, 2.24) is 14.2 Å². The zero-order valence-corrected chi connectivity index (χ0v) is 21.9. The van der Waals surface area contributed by atoms with Crippen molar-refractivity contribution in [1.29, 1.82) is 0 Å². The molecule has 1 aromatic carbocycles. The van der Waals surface area contributed by atoms with E-state index in [1.807, 2.05) is 31.4 Å². The zero-order valence-electron chi connectivity index (χ0n) is 21.1. The summed E-state index contributed by atoms with van der Waals surface area (Å²) in [5.74, 6) is 1.46. The molecule has 1 amide bonds. The average molecular weight is 487 g/mol. The Morgan fingerprint density at radius 1 is 1.15 bits per heavy atom. The maximum atomic E-state index is 12.5. The number of ether oxygens (including phenoxy) is 2. The highest BCUT2D eigenvalue weighted by molar-refractivity contribution is 7.97. The highest BCUT2D eigenvalue weighted by Crippen LogP contribution is 2.31. The molecule has 2 heterocycles. The molecule has 0 radical (unpaired) electrons. The van der Waals surface area contributed by atoms with Crippen LogP contribution < -0.4 is 9.64 Å². The van der Waals surface area contributed by atoms with E-state index < -0.39 is 0 Å². The smallest absolute Gasteiger partial charge is 0.248 e. The maximum Gasteiger partial charge on any atom is 0.248 e. The molecule has 1 aliphatic heterocycles. The molecule has 0 spiro atoms. The number of hydrogen-bond donors (Lipinski definition) is 0. The monoisotopic (exact) mass is 486 g/mol. The molecule has 0 N–H and O–H groups in total. The first-order valence-corrected chi connectivity index (χ1v) is 12.7. The van der Waals surface area contributed by atoms with E-state index in [0.717, 1.165) is 44.8 Å². The lowest BCUT2D eigenvalue weighted by atomic mass is 9.96. The molecule has 1 aliphatic rings. The Labute approximate surface area is 208 Å². The number of amides is 1. The van der Waals surface area contributed by atoms with Crippen LogP contribution in [0.2, 0.25) is 0 Å². The van der Waals surface area contributed by atoms with E-state index in [0.29, 0.717) is 12.5 Å². The summed E-state index contributed by atoms with van der Waals surface area (Å²) in [6, 6.07) is 8.22. The van der Waals surface area contributed by atoms with Gasteiger partial charge in [-0.15, -0.1) is 0 Å². The van der Waals surface area contributed by atoms with Crippen LogP contribution in [0.3, 0.4) is 0 Å². The molecule has 0 aliphatic carbocycles. The number of piperidine rings is 1. The number of carbonyl (C=O) groups excluding carboxylic acids is 1. The number of aryl methyl sites for hydroxylation is 2. The third kappa shape index (κ3) is 7.61. The first-order chi connectivity index (χ1) is 16.4. The lowest BCUT2D eigenvalue weighted by Gasteiger charge is -2.35. The van der Waals surface area contributed by atoms with Crippen molar-refractivity contribution in [3.05, 3.63) is 47.8 Å². The number of nitrogens with zero attached hydrogens (tertiary/aromatic N) is 4. The van der Waals surface area contributed by atoms with Crippen LogP contribution in [-0.4, -0.2) is 80.7 Å². The Bertz CT molecular complexity index is 897. The van der Waals surface area contributed by atoms with Gasteiger partial charge in [-0.25, -0.2) is 4.31 Å². The number of likely N-dealkylation sites (N-methyl/N-ethyl adjacent to an activating group) is 2. The van der Waals surface area contributed by atoms with Gasteiger partial charge in [-0.2, -0.15) is 0 Å². The second-order valence-corrected chi connectivity index (χ2v) is 10.2. The summed E-state index contributed by atoms with van der Waals surface area (Å²) >= 11 is 1.70. The summed E-state index contributed by atoms with van der Waals surface area (Å²) < 4.78 is 13.2. The molecule has 0 bridgehead atoms. The van der Waals surface area contributed by atoms with E-state index in [-0.39, 0.29) is 12.5 Å². The van der Waals surface area contributed by atoms with Crippen molar-refractivity contribution in [3.63, 3.8) is 0 Å². The van der Waals surface area contributed by atoms with E-state index in [1.165, 1.54) is 21.7 Å². The molecule has 1 saturated heterocycles. The number of pyridine rings is 1. The number of hydrogen-bond acceptors (Lipinski definition) is 7. The first-order valence-electron chi connectivity index (χ1n) is 11.9. The van der Waals surface area contributed by atoms with Gasteiger partial charge in [0.05, 0.1) is 13.7 Å². The second-order valence-electron chi connectivity index (χ2n) is 9.00. The molecule has 1 fully saturated rings. The zero-order chi connectivity index (χ0) is 24.5. The predicted molar refractivity (Wildman–Crippen MR) is 139 cm³/mol. The van der Waals surface area contributed by atoms with Crippen LogP contribution in [-0.2, 0) is 9.53 Å². The van der Waals surface area contributed by atoms with Crippen LogP contribution in [0.25, 0.3) is 0 Å². The van der Waals surface area contributed by atoms with Gasteiger partial charge in [-0.3, -0.25) is 9.78 Å². The minimum absolute atomic E-state index is 0.0497. The van der Waals surface area contributed by atoms with E-state index in [2.05, 4.69) is 52.3 Å². The van der Waals surface area contributed by atoms with Gasteiger partial charge >= 0.3 is 0 Å². The van der Waals surface area contributed by atoms with Crippen molar-refractivity contribution in [2.75, 3.05) is 65.5 Å². The fourth-order valence-corrected chi connectivity index (χ4v) is 5.14. The second kappa shape index (κ2) is 13.0. The Kier molecular flexibility index (Phi) is 10.0. The average Bonchev–Trinajstić information content (AvgIpc) is 2.84. The molecule has 1 aromatic heterocycles.